The summed E-state index contributed by atoms with van der Waals surface area (Å²) in [5, 5.41) is 18.9. The predicted molar refractivity (Wildman–Crippen MR) is 69.0 cm³/mol. The van der Waals surface area contributed by atoms with Gasteiger partial charge in [-0.05, 0) is 24.1 Å². The van der Waals surface area contributed by atoms with Crippen LogP contribution in [0.2, 0.25) is 0 Å². The van der Waals surface area contributed by atoms with Gasteiger partial charge in [0.2, 0.25) is 0 Å². The van der Waals surface area contributed by atoms with Crippen LogP contribution in [0.3, 0.4) is 0 Å². The molecule has 17 heavy (non-hydrogen) atoms. The Morgan fingerprint density at radius 3 is 2.47 bits per heavy atom. The normalized spacial score (nSPS) is 23.8. The van der Waals surface area contributed by atoms with Gasteiger partial charge in [0, 0.05) is 24.2 Å². The van der Waals surface area contributed by atoms with Gasteiger partial charge in [0.1, 0.15) is 0 Å². The van der Waals surface area contributed by atoms with Crippen LogP contribution in [0.25, 0.3) is 0 Å². The summed E-state index contributed by atoms with van der Waals surface area (Å²) in [6.45, 7) is 6.05. The molecule has 0 spiro atoms. The van der Waals surface area contributed by atoms with E-state index in [1.54, 1.807) is 0 Å². The molecule has 2 rings (SSSR count). The van der Waals surface area contributed by atoms with Crippen molar-refractivity contribution in [1.29, 1.82) is 0 Å². The molecule has 1 aromatic carbocycles. The minimum atomic E-state index is -0.213. The SMILES string of the molecule is CC1(C)CN(c2ccc(CO)cc2)CCC1O. The molecule has 1 aliphatic rings. The van der Waals surface area contributed by atoms with Crippen molar-refractivity contribution in [2.75, 3.05) is 18.0 Å². The van der Waals surface area contributed by atoms with Gasteiger partial charge in [-0.2, -0.15) is 0 Å². The molecular formula is C14H21NO2. The minimum Gasteiger partial charge on any atom is -0.392 e. The molecule has 0 bridgehead atoms. The molecule has 3 heteroatoms. The van der Waals surface area contributed by atoms with Crippen molar-refractivity contribution < 1.29 is 10.2 Å². The fourth-order valence-corrected chi connectivity index (χ4v) is 2.38. The van der Waals surface area contributed by atoms with Crippen LogP contribution >= 0.6 is 0 Å². The second kappa shape index (κ2) is 4.67. The van der Waals surface area contributed by atoms with Crippen molar-refractivity contribution in [2.24, 2.45) is 5.41 Å². The molecular weight excluding hydrogens is 214 g/mol. The molecule has 1 saturated heterocycles. The lowest BCUT2D eigenvalue weighted by Gasteiger charge is -2.43. The Morgan fingerprint density at radius 2 is 1.94 bits per heavy atom. The molecule has 1 heterocycles. The molecule has 0 aliphatic carbocycles. The van der Waals surface area contributed by atoms with Gasteiger partial charge in [0.15, 0.2) is 0 Å². The average molecular weight is 235 g/mol. The summed E-state index contributed by atoms with van der Waals surface area (Å²) in [6.07, 6.45) is 0.602. The molecule has 3 nitrogen and oxygen atoms in total. The molecule has 1 atom stereocenters. The third-order valence-electron chi connectivity index (χ3n) is 3.66. The van der Waals surface area contributed by atoms with Gasteiger partial charge in [-0.3, -0.25) is 0 Å². The Bertz CT molecular complexity index is 372. The van der Waals surface area contributed by atoms with Crippen LogP contribution in [0.4, 0.5) is 5.69 Å². The maximum absolute atomic E-state index is 9.92. The smallest absolute Gasteiger partial charge is 0.0681 e. The summed E-state index contributed by atoms with van der Waals surface area (Å²) in [6, 6.07) is 7.99. The Balaban J connectivity index is 2.12. The second-order valence-corrected chi connectivity index (χ2v) is 5.54. The van der Waals surface area contributed by atoms with Crippen molar-refractivity contribution in [1.82, 2.24) is 0 Å². The van der Waals surface area contributed by atoms with Gasteiger partial charge in [-0.15, -0.1) is 0 Å². The number of anilines is 1. The average Bonchev–Trinajstić information content (AvgIpc) is 2.33. The molecule has 1 fully saturated rings. The highest BCUT2D eigenvalue weighted by Crippen LogP contribution is 2.32. The first kappa shape index (κ1) is 12.4. The first-order chi connectivity index (χ1) is 8.03. The Labute approximate surface area is 103 Å². The molecule has 94 valence electrons. The number of aliphatic hydroxyl groups excluding tert-OH is 2. The molecule has 1 aliphatic heterocycles. The van der Waals surface area contributed by atoms with Crippen LogP contribution in [-0.4, -0.2) is 29.4 Å². The lowest BCUT2D eigenvalue weighted by Crippen LogP contribution is -2.48. The van der Waals surface area contributed by atoms with E-state index in [9.17, 15) is 5.11 Å². The molecule has 1 unspecified atom stereocenters. The zero-order chi connectivity index (χ0) is 12.5. The summed E-state index contributed by atoms with van der Waals surface area (Å²) in [5.41, 5.74) is 2.04. The van der Waals surface area contributed by atoms with Crippen LogP contribution < -0.4 is 4.90 Å². The topological polar surface area (TPSA) is 43.7 Å². The monoisotopic (exact) mass is 235 g/mol. The highest BCUT2D eigenvalue weighted by atomic mass is 16.3. The Kier molecular flexibility index (Phi) is 3.40. The van der Waals surface area contributed by atoms with Gasteiger partial charge < -0.3 is 15.1 Å². The third kappa shape index (κ3) is 2.61. The van der Waals surface area contributed by atoms with Gasteiger partial charge in [0.25, 0.3) is 0 Å². The van der Waals surface area contributed by atoms with Crippen LogP contribution in [0.5, 0.6) is 0 Å². The minimum absolute atomic E-state index is 0.0616. The highest BCUT2D eigenvalue weighted by Gasteiger charge is 2.34. The highest BCUT2D eigenvalue weighted by molar-refractivity contribution is 5.48. The number of hydrogen-bond acceptors (Lipinski definition) is 3. The first-order valence-electron chi connectivity index (χ1n) is 6.16. The summed E-state index contributed by atoms with van der Waals surface area (Å²) in [7, 11) is 0. The maximum atomic E-state index is 9.92. The van der Waals surface area contributed by atoms with E-state index >= 15 is 0 Å². The molecule has 0 aromatic heterocycles. The number of rotatable bonds is 2. The second-order valence-electron chi connectivity index (χ2n) is 5.54. The van der Waals surface area contributed by atoms with E-state index in [4.69, 9.17) is 5.11 Å². The van der Waals surface area contributed by atoms with Crippen molar-refractivity contribution in [3.05, 3.63) is 29.8 Å². The van der Waals surface area contributed by atoms with Crippen molar-refractivity contribution in [3.63, 3.8) is 0 Å². The van der Waals surface area contributed by atoms with Crippen LogP contribution in [0.15, 0.2) is 24.3 Å². The van der Waals surface area contributed by atoms with E-state index in [1.165, 1.54) is 5.69 Å². The molecule has 2 N–H and O–H groups in total. The fraction of sp³-hybridized carbons (Fsp3) is 0.571. The zero-order valence-corrected chi connectivity index (χ0v) is 10.6. The molecule has 1 aromatic rings. The standard InChI is InChI=1S/C14H21NO2/c1-14(2)10-15(8-7-13(14)17)12-5-3-11(9-16)4-6-12/h3-6,13,16-17H,7-10H2,1-2H3. The number of aliphatic hydroxyl groups is 2. The van der Waals surface area contributed by atoms with Crippen LogP contribution in [-0.2, 0) is 6.61 Å². The van der Waals surface area contributed by atoms with E-state index < -0.39 is 0 Å². The van der Waals surface area contributed by atoms with Crippen molar-refractivity contribution >= 4 is 5.69 Å². The van der Waals surface area contributed by atoms with Crippen molar-refractivity contribution in [2.45, 2.75) is 33.0 Å². The third-order valence-corrected chi connectivity index (χ3v) is 3.66. The molecule has 0 amide bonds. The largest absolute Gasteiger partial charge is 0.392 e. The fourth-order valence-electron chi connectivity index (χ4n) is 2.38. The van der Waals surface area contributed by atoms with E-state index in [2.05, 4.69) is 18.7 Å². The summed E-state index contributed by atoms with van der Waals surface area (Å²) in [4.78, 5) is 2.30. The van der Waals surface area contributed by atoms with E-state index in [-0.39, 0.29) is 18.1 Å². The van der Waals surface area contributed by atoms with Gasteiger partial charge in [-0.25, -0.2) is 0 Å². The van der Waals surface area contributed by atoms with Gasteiger partial charge in [-0.1, -0.05) is 26.0 Å². The molecule has 0 radical (unpaired) electrons. The summed E-state index contributed by atoms with van der Waals surface area (Å²) >= 11 is 0. The first-order valence-corrected chi connectivity index (χ1v) is 6.16. The number of hydrogen-bond donors (Lipinski definition) is 2. The van der Waals surface area contributed by atoms with Gasteiger partial charge in [0.05, 0.1) is 12.7 Å². The van der Waals surface area contributed by atoms with E-state index in [0.717, 1.165) is 25.1 Å². The van der Waals surface area contributed by atoms with Crippen LogP contribution in [0, 0.1) is 5.41 Å². The Hall–Kier alpha value is -1.06. The summed E-state index contributed by atoms with van der Waals surface area (Å²) in [5.74, 6) is 0. The predicted octanol–water partition coefficient (Wildman–Crippen LogP) is 1.78. The summed E-state index contributed by atoms with van der Waals surface area (Å²) < 4.78 is 0. The lowest BCUT2D eigenvalue weighted by molar-refractivity contribution is 0.0336. The number of piperidine rings is 1. The Morgan fingerprint density at radius 1 is 1.29 bits per heavy atom. The number of nitrogens with zero attached hydrogens (tertiary/aromatic N) is 1. The van der Waals surface area contributed by atoms with Crippen LogP contribution in [0.1, 0.15) is 25.8 Å². The van der Waals surface area contributed by atoms with Crippen molar-refractivity contribution in [3.8, 4) is 0 Å². The van der Waals surface area contributed by atoms with E-state index in [0.29, 0.717) is 0 Å². The molecule has 0 saturated carbocycles. The lowest BCUT2D eigenvalue weighted by atomic mass is 9.81. The number of benzene rings is 1. The maximum Gasteiger partial charge on any atom is 0.0681 e. The van der Waals surface area contributed by atoms with Gasteiger partial charge >= 0.3 is 0 Å². The quantitative estimate of drug-likeness (QED) is 0.821. The zero-order valence-electron chi connectivity index (χ0n) is 10.6. The van der Waals surface area contributed by atoms with E-state index in [1.807, 2.05) is 24.3 Å².